The van der Waals surface area contributed by atoms with E-state index in [4.69, 9.17) is 9.47 Å². The molecule has 1 aromatic heterocycles. The summed E-state index contributed by atoms with van der Waals surface area (Å²) in [6.07, 6.45) is 1.66. The summed E-state index contributed by atoms with van der Waals surface area (Å²) in [6.45, 7) is 14.6. The van der Waals surface area contributed by atoms with Crippen LogP contribution in [-0.4, -0.2) is 36.0 Å². The molecule has 0 spiro atoms. The molecule has 0 unspecified atom stereocenters. The van der Waals surface area contributed by atoms with Gasteiger partial charge in [0.25, 0.3) is 5.91 Å². The minimum atomic E-state index is -0.0669. The van der Waals surface area contributed by atoms with Gasteiger partial charge < -0.3 is 14.4 Å². The van der Waals surface area contributed by atoms with Gasteiger partial charge in [0.1, 0.15) is 18.1 Å². The normalized spacial score (nSPS) is 13.4. The number of methoxy groups -OCH3 is 1. The predicted molar refractivity (Wildman–Crippen MR) is 143 cm³/mol. The highest BCUT2D eigenvalue weighted by atomic mass is 16.5. The Morgan fingerprint density at radius 1 is 0.943 bits per heavy atom. The second-order valence-corrected chi connectivity index (χ2v) is 8.46. The van der Waals surface area contributed by atoms with E-state index in [2.05, 4.69) is 43.1 Å². The molecule has 5 nitrogen and oxygen atoms in total. The summed E-state index contributed by atoms with van der Waals surface area (Å²) in [5, 5.41) is 0. The van der Waals surface area contributed by atoms with Crippen molar-refractivity contribution in [3.05, 3.63) is 94.8 Å². The van der Waals surface area contributed by atoms with Gasteiger partial charge in [-0.3, -0.25) is 9.78 Å². The molecule has 0 saturated carbocycles. The zero-order valence-electron chi connectivity index (χ0n) is 22.3. The maximum Gasteiger partial charge on any atom is 0.272 e. The first kappa shape index (κ1) is 28.1. The number of pyridine rings is 1. The SMILES string of the molecule is CC.CC.COCc1ccnc(C(=O)N2CC(C)(c3ccc(OCc4ccccc4)c(C)c3)C2)c1. The Balaban J connectivity index is 0.00000103. The van der Waals surface area contributed by atoms with Crippen LogP contribution in [0.4, 0.5) is 0 Å². The fourth-order valence-corrected chi connectivity index (χ4v) is 4.05. The largest absolute Gasteiger partial charge is 0.489 e. The predicted octanol–water partition coefficient (Wildman–Crippen LogP) is 6.58. The van der Waals surface area contributed by atoms with Gasteiger partial charge in [-0.15, -0.1) is 0 Å². The number of aromatic nitrogens is 1. The van der Waals surface area contributed by atoms with E-state index in [1.807, 2.05) is 69.0 Å². The summed E-state index contributed by atoms with van der Waals surface area (Å²) < 4.78 is 11.2. The molecule has 1 aliphatic heterocycles. The van der Waals surface area contributed by atoms with Gasteiger partial charge in [0.2, 0.25) is 0 Å². The number of benzene rings is 2. The fraction of sp³-hybridized carbons (Fsp3) is 0.400. The van der Waals surface area contributed by atoms with Crippen LogP contribution in [0, 0.1) is 6.92 Å². The Hall–Kier alpha value is -3.18. The molecule has 0 radical (unpaired) electrons. The summed E-state index contributed by atoms with van der Waals surface area (Å²) in [5.41, 5.74) is 4.83. The Morgan fingerprint density at radius 3 is 2.26 bits per heavy atom. The van der Waals surface area contributed by atoms with Gasteiger partial charge in [-0.1, -0.05) is 77.1 Å². The number of likely N-dealkylation sites (tertiary alicyclic amines) is 1. The molecule has 0 atom stereocenters. The number of hydrogen-bond donors (Lipinski definition) is 0. The van der Waals surface area contributed by atoms with Gasteiger partial charge in [-0.05, 0) is 47.4 Å². The van der Waals surface area contributed by atoms with Crippen LogP contribution in [-0.2, 0) is 23.4 Å². The van der Waals surface area contributed by atoms with Crippen LogP contribution in [0.25, 0.3) is 0 Å². The molecule has 4 rings (SSSR count). The molecule has 2 heterocycles. The van der Waals surface area contributed by atoms with Crippen LogP contribution < -0.4 is 4.74 Å². The molecule has 2 aromatic carbocycles. The van der Waals surface area contributed by atoms with Crippen LogP contribution >= 0.6 is 0 Å². The van der Waals surface area contributed by atoms with Gasteiger partial charge in [0.05, 0.1) is 6.61 Å². The standard InChI is InChI=1S/C26H28N2O3.2C2H6/c1-19-13-22(9-10-24(19)31-16-20-7-5-4-6-8-20)26(2)17-28(18-26)25(29)23-14-21(15-30-3)11-12-27-23;2*1-2/h4-14H,15-18H2,1-3H3;2*1-2H3. The molecule has 1 aliphatic rings. The molecule has 1 amide bonds. The molecule has 5 heteroatoms. The van der Waals surface area contributed by atoms with Crippen LogP contribution in [0.2, 0.25) is 0 Å². The van der Waals surface area contributed by atoms with Gasteiger partial charge in [-0.25, -0.2) is 0 Å². The van der Waals surface area contributed by atoms with Crippen molar-refractivity contribution in [1.82, 2.24) is 9.88 Å². The van der Waals surface area contributed by atoms with Crippen molar-refractivity contribution < 1.29 is 14.3 Å². The number of carbonyl (C=O) groups is 1. The number of nitrogens with zero attached hydrogens (tertiary/aromatic N) is 2. The third-order valence-electron chi connectivity index (χ3n) is 5.83. The first-order valence-electron chi connectivity index (χ1n) is 12.5. The van der Waals surface area contributed by atoms with E-state index in [1.54, 1.807) is 13.3 Å². The molecule has 0 N–H and O–H groups in total. The Morgan fingerprint density at radius 2 is 1.63 bits per heavy atom. The minimum absolute atomic E-state index is 0.0324. The number of carbonyl (C=O) groups excluding carboxylic acids is 1. The van der Waals surface area contributed by atoms with Crippen LogP contribution in [0.15, 0.2) is 66.9 Å². The van der Waals surface area contributed by atoms with Gasteiger partial charge in [-0.2, -0.15) is 0 Å². The summed E-state index contributed by atoms with van der Waals surface area (Å²) in [6, 6.07) is 20.2. The van der Waals surface area contributed by atoms with Crippen LogP contribution in [0.3, 0.4) is 0 Å². The zero-order chi connectivity index (χ0) is 25.8. The van der Waals surface area contributed by atoms with E-state index < -0.39 is 0 Å². The number of hydrogen-bond acceptors (Lipinski definition) is 4. The van der Waals surface area contributed by atoms with Gasteiger partial charge in [0, 0.05) is 31.8 Å². The van der Waals surface area contributed by atoms with Crippen molar-refractivity contribution in [2.24, 2.45) is 0 Å². The molecular formula is C30H40N2O3. The zero-order valence-corrected chi connectivity index (χ0v) is 22.3. The second kappa shape index (κ2) is 13.6. The highest BCUT2D eigenvalue weighted by Gasteiger charge is 2.43. The third kappa shape index (κ3) is 7.15. The highest BCUT2D eigenvalue weighted by molar-refractivity contribution is 5.93. The van der Waals surface area contributed by atoms with Crippen molar-refractivity contribution in [3.63, 3.8) is 0 Å². The Labute approximate surface area is 211 Å². The lowest BCUT2D eigenvalue weighted by Crippen LogP contribution is -2.59. The van der Waals surface area contributed by atoms with Gasteiger partial charge in [0.15, 0.2) is 0 Å². The van der Waals surface area contributed by atoms with Crippen molar-refractivity contribution >= 4 is 5.91 Å². The Bertz CT molecular complexity index is 1060. The highest BCUT2D eigenvalue weighted by Crippen LogP contribution is 2.37. The minimum Gasteiger partial charge on any atom is -0.489 e. The first-order valence-corrected chi connectivity index (χ1v) is 12.5. The second-order valence-electron chi connectivity index (χ2n) is 8.46. The third-order valence-corrected chi connectivity index (χ3v) is 5.83. The molecule has 1 fully saturated rings. The molecule has 0 aliphatic carbocycles. The lowest BCUT2D eigenvalue weighted by atomic mass is 9.75. The molecular weight excluding hydrogens is 436 g/mol. The van der Waals surface area contributed by atoms with Crippen molar-refractivity contribution in [1.29, 1.82) is 0 Å². The van der Waals surface area contributed by atoms with E-state index in [0.717, 1.165) is 22.4 Å². The van der Waals surface area contributed by atoms with Crippen molar-refractivity contribution in [3.8, 4) is 5.75 Å². The quantitative estimate of drug-likeness (QED) is 0.386. The molecule has 3 aromatic rings. The van der Waals surface area contributed by atoms with E-state index >= 15 is 0 Å². The Kier molecular flexibility index (Phi) is 10.9. The summed E-state index contributed by atoms with van der Waals surface area (Å²) in [5.74, 6) is 0.859. The fourth-order valence-electron chi connectivity index (χ4n) is 4.05. The summed E-state index contributed by atoms with van der Waals surface area (Å²) in [4.78, 5) is 19.0. The average molecular weight is 477 g/mol. The van der Waals surface area contributed by atoms with E-state index in [1.165, 1.54) is 5.56 Å². The summed E-state index contributed by atoms with van der Waals surface area (Å²) >= 11 is 0. The van der Waals surface area contributed by atoms with Crippen molar-refractivity contribution in [2.75, 3.05) is 20.2 Å². The average Bonchev–Trinajstić information content (AvgIpc) is 2.89. The van der Waals surface area contributed by atoms with Crippen LogP contribution in [0.1, 0.15) is 67.4 Å². The molecule has 35 heavy (non-hydrogen) atoms. The number of ether oxygens (including phenoxy) is 2. The molecule has 1 saturated heterocycles. The maximum absolute atomic E-state index is 12.8. The molecule has 0 bridgehead atoms. The lowest BCUT2D eigenvalue weighted by molar-refractivity contribution is 0.0427. The van der Waals surface area contributed by atoms with Crippen LogP contribution in [0.5, 0.6) is 5.75 Å². The van der Waals surface area contributed by atoms with E-state index in [-0.39, 0.29) is 11.3 Å². The number of aryl methyl sites for hydroxylation is 1. The number of amides is 1. The maximum atomic E-state index is 12.8. The van der Waals surface area contributed by atoms with Gasteiger partial charge >= 0.3 is 0 Å². The summed E-state index contributed by atoms with van der Waals surface area (Å²) in [7, 11) is 1.64. The smallest absolute Gasteiger partial charge is 0.272 e. The lowest BCUT2D eigenvalue weighted by Gasteiger charge is -2.48. The van der Waals surface area contributed by atoms with Crippen molar-refractivity contribution in [2.45, 2.75) is 60.2 Å². The molecule has 188 valence electrons. The monoisotopic (exact) mass is 476 g/mol. The topological polar surface area (TPSA) is 51.7 Å². The number of rotatable bonds is 7. The van der Waals surface area contributed by atoms with E-state index in [0.29, 0.717) is 32.0 Å². The van der Waals surface area contributed by atoms with E-state index in [9.17, 15) is 4.79 Å². The first-order chi connectivity index (χ1) is 17.0.